The van der Waals surface area contributed by atoms with Gasteiger partial charge in [-0.2, -0.15) is 0 Å². The molecule has 1 N–H and O–H groups in total. The quantitative estimate of drug-likeness (QED) is 0.806. The van der Waals surface area contributed by atoms with Crippen molar-refractivity contribution >= 4 is 11.8 Å². The molecule has 138 valence electrons. The zero-order valence-electron chi connectivity index (χ0n) is 15.4. The number of methoxy groups -OCH3 is 1. The number of aromatic nitrogens is 1. The van der Waals surface area contributed by atoms with E-state index in [2.05, 4.69) is 10.3 Å². The number of hydrogen-bond acceptors (Lipinski definition) is 5. The molecule has 1 aromatic heterocycles. The van der Waals surface area contributed by atoms with Crippen molar-refractivity contribution in [1.29, 1.82) is 0 Å². The molecule has 1 aromatic rings. The number of hydrogen-bond donors (Lipinski definition) is 1. The third kappa shape index (κ3) is 3.92. The van der Waals surface area contributed by atoms with Crippen LogP contribution in [0.5, 0.6) is 5.88 Å². The molecular formula is C18H27N3O4. The maximum absolute atomic E-state index is 13.2. The van der Waals surface area contributed by atoms with Crippen LogP contribution in [0, 0.1) is 5.92 Å². The van der Waals surface area contributed by atoms with Crippen molar-refractivity contribution in [2.75, 3.05) is 33.9 Å². The molecule has 2 amide bonds. The van der Waals surface area contributed by atoms with Crippen LogP contribution in [0.3, 0.4) is 0 Å². The Morgan fingerprint density at radius 2 is 2.20 bits per heavy atom. The predicted octanol–water partition coefficient (Wildman–Crippen LogP) is 1.48. The lowest BCUT2D eigenvalue weighted by Gasteiger charge is -2.36. The van der Waals surface area contributed by atoms with Gasteiger partial charge in [-0.05, 0) is 30.9 Å². The van der Waals surface area contributed by atoms with E-state index >= 15 is 0 Å². The topological polar surface area (TPSA) is 80.8 Å². The Kier molecular flexibility index (Phi) is 6.36. The molecule has 1 saturated heterocycles. The van der Waals surface area contributed by atoms with Crippen molar-refractivity contribution in [3.63, 3.8) is 0 Å². The molecular weight excluding hydrogens is 322 g/mol. The van der Waals surface area contributed by atoms with Gasteiger partial charge in [-0.1, -0.05) is 13.8 Å². The lowest BCUT2D eigenvalue weighted by atomic mass is 9.95. The summed E-state index contributed by atoms with van der Waals surface area (Å²) in [5.41, 5.74) is -0.624. The van der Waals surface area contributed by atoms with Crippen LogP contribution >= 0.6 is 0 Å². The minimum atomic E-state index is -0.994. The minimum absolute atomic E-state index is 0.154. The van der Waals surface area contributed by atoms with Gasteiger partial charge in [0.25, 0.3) is 5.91 Å². The Balaban J connectivity index is 2.34. The molecule has 1 atom stereocenters. The molecule has 1 unspecified atom stereocenters. The summed E-state index contributed by atoms with van der Waals surface area (Å²) in [5, 5.41) is 2.66. The first-order valence-electron chi connectivity index (χ1n) is 8.57. The first-order valence-corrected chi connectivity index (χ1v) is 8.57. The van der Waals surface area contributed by atoms with Crippen LogP contribution in [-0.4, -0.2) is 61.2 Å². The summed E-state index contributed by atoms with van der Waals surface area (Å²) in [4.78, 5) is 31.5. The molecule has 7 heteroatoms. The van der Waals surface area contributed by atoms with Crippen molar-refractivity contribution in [2.45, 2.75) is 32.2 Å². The fourth-order valence-corrected chi connectivity index (χ4v) is 3.16. The van der Waals surface area contributed by atoms with Gasteiger partial charge < -0.3 is 19.7 Å². The molecule has 25 heavy (non-hydrogen) atoms. The number of carbonyl (C=O) groups is 2. The molecule has 2 rings (SSSR count). The summed E-state index contributed by atoms with van der Waals surface area (Å²) in [6.07, 6.45) is 2.90. The lowest BCUT2D eigenvalue weighted by molar-refractivity contribution is -0.133. The number of likely N-dealkylation sites (N-methyl/N-ethyl adjacent to an activating group) is 1. The Bertz CT molecular complexity index is 620. The first kappa shape index (κ1) is 19.2. The summed E-state index contributed by atoms with van der Waals surface area (Å²) in [7, 11) is 3.11. The monoisotopic (exact) mass is 349 g/mol. The normalized spacial score (nSPS) is 20.0. The number of pyridine rings is 1. The first-order chi connectivity index (χ1) is 12.0. The summed E-state index contributed by atoms with van der Waals surface area (Å²) in [5.74, 6) is 0.144. The summed E-state index contributed by atoms with van der Waals surface area (Å²) in [6, 6.07) is 3.38. The molecule has 1 fully saturated rings. The largest absolute Gasteiger partial charge is 0.477 e. The van der Waals surface area contributed by atoms with E-state index < -0.39 is 5.54 Å². The van der Waals surface area contributed by atoms with Gasteiger partial charge in [0.2, 0.25) is 11.8 Å². The molecule has 0 aromatic carbocycles. The zero-order chi connectivity index (χ0) is 18.4. The molecule has 7 nitrogen and oxygen atoms in total. The average Bonchev–Trinajstić information content (AvgIpc) is 3.04. The molecule has 1 aliphatic rings. The van der Waals surface area contributed by atoms with Crippen LogP contribution in [0.15, 0.2) is 18.3 Å². The van der Waals surface area contributed by atoms with Crippen LogP contribution in [0.2, 0.25) is 0 Å². The SMILES string of the molecule is CNC(=O)C1(COC)CCCN1C(=O)c1cccnc1OCC(C)C. The van der Waals surface area contributed by atoms with Gasteiger partial charge in [0.1, 0.15) is 11.1 Å². The fourth-order valence-electron chi connectivity index (χ4n) is 3.16. The number of nitrogens with zero attached hydrogens (tertiary/aromatic N) is 2. The van der Waals surface area contributed by atoms with E-state index in [1.165, 1.54) is 7.11 Å². The van der Waals surface area contributed by atoms with E-state index in [-0.39, 0.29) is 18.4 Å². The van der Waals surface area contributed by atoms with Crippen molar-refractivity contribution in [3.8, 4) is 5.88 Å². The highest BCUT2D eigenvalue weighted by Gasteiger charge is 2.50. The smallest absolute Gasteiger partial charge is 0.260 e. The van der Waals surface area contributed by atoms with Crippen molar-refractivity contribution in [3.05, 3.63) is 23.9 Å². The van der Waals surface area contributed by atoms with Gasteiger partial charge in [0, 0.05) is 26.9 Å². The highest BCUT2D eigenvalue weighted by molar-refractivity contribution is 6.01. The van der Waals surface area contributed by atoms with E-state index in [9.17, 15) is 9.59 Å². The second-order valence-electron chi connectivity index (χ2n) is 6.67. The fraction of sp³-hybridized carbons (Fsp3) is 0.611. The van der Waals surface area contributed by atoms with Crippen LogP contribution in [0.1, 0.15) is 37.0 Å². The second-order valence-corrected chi connectivity index (χ2v) is 6.67. The van der Waals surface area contributed by atoms with Crippen molar-refractivity contribution in [1.82, 2.24) is 15.2 Å². The standard InChI is InChI=1S/C18H27N3O4/c1-13(2)11-25-15-14(7-5-9-20-15)16(22)21-10-6-8-18(21,12-24-4)17(23)19-3/h5,7,9,13H,6,8,10-12H2,1-4H3,(H,19,23). The van der Waals surface area contributed by atoms with E-state index in [0.717, 1.165) is 6.42 Å². The summed E-state index contributed by atoms with van der Waals surface area (Å²) in [6.45, 7) is 5.17. The highest BCUT2D eigenvalue weighted by Crippen LogP contribution is 2.33. The molecule has 0 aliphatic carbocycles. The van der Waals surface area contributed by atoms with E-state index in [4.69, 9.17) is 9.47 Å². The van der Waals surface area contributed by atoms with E-state index in [1.807, 2.05) is 13.8 Å². The maximum atomic E-state index is 13.2. The van der Waals surface area contributed by atoms with Gasteiger partial charge in [0.05, 0.1) is 13.2 Å². The molecule has 2 heterocycles. The van der Waals surface area contributed by atoms with Crippen molar-refractivity contribution < 1.29 is 19.1 Å². The Hall–Kier alpha value is -2.15. The van der Waals surface area contributed by atoms with Gasteiger partial charge in [0.15, 0.2) is 0 Å². The summed E-state index contributed by atoms with van der Waals surface area (Å²) >= 11 is 0. The molecule has 1 aliphatic heterocycles. The molecule has 0 bridgehead atoms. The van der Waals surface area contributed by atoms with Gasteiger partial charge in [-0.25, -0.2) is 4.98 Å². The predicted molar refractivity (Wildman–Crippen MR) is 93.5 cm³/mol. The number of amides is 2. The van der Waals surface area contributed by atoms with Crippen LogP contribution in [-0.2, 0) is 9.53 Å². The average molecular weight is 349 g/mol. The Labute approximate surface area is 148 Å². The number of likely N-dealkylation sites (tertiary alicyclic amines) is 1. The molecule has 0 radical (unpaired) electrons. The minimum Gasteiger partial charge on any atom is -0.477 e. The summed E-state index contributed by atoms with van der Waals surface area (Å²) < 4.78 is 11.0. The van der Waals surface area contributed by atoms with Gasteiger partial charge in [-0.3, -0.25) is 9.59 Å². The van der Waals surface area contributed by atoms with Crippen LogP contribution < -0.4 is 10.1 Å². The Morgan fingerprint density at radius 1 is 1.44 bits per heavy atom. The number of rotatable bonds is 7. The maximum Gasteiger partial charge on any atom is 0.260 e. The lowest BCUT2D eigenvalue weighted by Crippen LogP contribution is -2.59. The van der Waals surface area contributed by atoms with Crippen LogP contribution in [0.4, 0.5) is 0 Å². The Morgan fingerprint density at radius 3 is 2.84 bits per heavy atom. The third-order valence-corrected chi connectivity index (χ3v) is 4.32. The third-order valence-electron chi connectivity index (χ3n) is 4.32. The van der Waals surface area contributed by atoms with Crippen molar-refractivity contribution in [2.24, 2.45) is 5.92 Å². The number of nitrogens with one attached hydrogen (secondary N) is 1. The zero-order valence-corrected chi connectivity index (χ0v) is 15.4. The molecule has 0 spiro atoms. The number of ether oxygens (including phenoxy) is 2. The van der Waals surface area contributed by atoms with Gasteiger partial charge in [-0.15, -0.1) is 0 Å². The van der Waals surface area contributed by atoms with Crippen LogP contribution in [0.25, 0.3) is 0 Å². The van der Waals surface area contributed by atoms with Gasteiger partial charge >= 0.3 is 0 Å². The second kappa shape index (κ2) is 8.29. The highest BCUT2D eigenvalue weighted by atomic mass is 16.5. The number of carbonyl (C=O) groups excluding carboxylic acids is 2. The van der Waals surface area contributed by atoms with E-state index in [1.54, 1.807) is 30.3 Å². The van der Waals surface area contributed by atoms with E-state index in [0.29, 0.717) is 36.9 Å². The molecule has 0 saturated carbocycles.